The van der Waals surface area contributed by atoms with E-state index in [4.69, 9.17) is 11.6 Å². The first-order valence-corrected chi connectivity index (χ1v) is 8.55. The van der Waals surface area contributed by atoms with Crippen molar-refractivity contribution in [3.05, 3.63) is 64.7 Å². The summed E-state index contributed by atoms with van der Waals surface area (Å²) in [5.41, 5.74) is 6.13. The molecule has 1 heterocycles. The van der Waals surface area contributed by atoms with E-state index in [-0.39, 0.29) is 5.41 Å². The highest BCUT2D eigenvalue weighted by Gasteiger charge is 2.42. The lowest BCUT2D eigenvalue weighted by Gasteiger charge is -2.15. The Kier molecular flexibility index (Phi) is 4.27. The van der Waals surface area contributed by atoms with Gasteiger partial charge in [-0.15, -0.1) is 0 Å². The SMILES string of the molecule is CN(C)c1ccc(/C=C/C2=[N+](C)c3ccc(Cl)cc3C2(C)C)cc1. The van der Waals surface area contributed by atoms with Gasteiger partial charge in [-0.3, -0.25) is 0 Å². The second kappa shape index (κ2) is 6.10. The van der Waals surface area contributed by atoms with Crippen molar-refractivity contribution < 1.29 is 4.58 Å². The zero-order chi connectivity index (χ0) is 17.5. The van der Waals surface area contributed by atoms with Crippen LogP contribution >= 0.6 is 11.6 Å². The van der Waals surface area contributed by atoms with Gasteiger partial charge < -0.3 is 4.90 Å². The van der Waals surface area contributed by atoms with Gasteiger partial charge in [-0.2, -0.15) is 4.58 Å². The lowest BCUT2D eigenvalue weighted by Crippen LogP contribution is -2.26. The maximum atomic E-state index is 6.21. The highest BCUT2D eigenvalue weighted by atomic mass is 35.5. The molecule has 3 heteroatoms. The summed E-state index contributed by atoms with van der Waals surface area (Å²) in [5, 5.41) is 0.791. The molecule has 0 bridgehead atoms. The Bertz CT molecular complexity index is 827. The van der Waals surface area contributed by atoms with Crippen LogP contribution < -0.4 is 4.90 Å². The first-order valence-electron chi connectivity index (χ1n) is 8.17. The van der Waals surface area contributed by atoms with E-state index in [1.54, 1.807) is 0 Å². The van der Waals surface area contributed by atoms with E-state index in [1.165, 1.54) is 28.2 Å². The maximum absolute atomic E-state index is 6.21. The van der Waals surface area contributed by atoms with Crippen LogP contribution in [0.1, 0.15) is 25.0 Å². The zero-order valence-corrected chi connectivity index (χ0v) is 15.7. The monoisotopic (exact) mass is 339 g/mol. The van der Waals surface area contributed by atoms with Gasteiger partial charge in [0.1, 0.15) is 7.05 Å². The number of hydrogen-bond acceptors (Lipinski definition) is 1. The molecule has 0 fully saturated rings. The molecule has 0 spiro atoms. The van der Waals surface area contributed by atoms with Gasteiger partial charge in [0.2, 0.25) is 5.69 Å². The quantitative estimate of drug-likeness (QED) is 0.703. The van der Waals surface area contributed by atoms with Crippen molar-refractivity contribution in [3.8, 4) is 0 Å². The van der Waals surface area contributed by atoms with Crippen LogP contribution in [-0.2, 0) is 5.41 Å². The van der Waals surface area contributed by atoms with Gasteiger partial charge in [-0.25, -0.2) is 0 Å². The molecule has 0 N–H and O–H groups in total. The number of halogens is 1. The molecule has 0 amide bonds. The van der Waals surface area contributed by atoms with E-state index in [1.807, 2.05) is 6.07 Å². The number of benzene rings is 2. The first-order chi connectivity index (χ1) is 11.3. The summed E-state index contributed by atoms with van der Waals surface area (Å²) in [7, 11) is 6.23. The summed E-state index contributed by atoms with van der Waals surface area (Å²) < 4.78 is 2.26. The Morgan fingerprint density at radius 3 is 2.29 bits per heavy atom. The number of rotatable bonds is 3. The van der Waals surface area contributed by atoms with Crippen LogP contribution in [0.4, 0.5) is 11.4 Å². The molecular formula is C21H24ClN2+. The maximum Gasteiger partial charge on any atom is 0.209 e. The van der Waals surface area contributed by atoms with Gasteiger partial charge >= 0.3 is 0 Å². The smallest absolute Gasteiger partial charge is 0.209 e. The summed E-state index contributed by atoms with van der Waals surface area (Å²) in [6, 6.07) is 14.7. The predicted molar refractivity (Wildman–Crippen MR) is 105 cm³/mol. The number of hydrogen-bond donors (Lipinski definition) is 0. The van der Waals surface area contributed by atoms with Crippen LogP contribution in [0.25, 0.3) is 6.08 Å². The summed E-state index contributed by atoms with van der Waals surface area (Å²) in [4.78, 5) is 2.11. The van der Waals surface area contributed by atoms with Crippen molar-refractivity contribution >= 4 is 34.8 Å². The molecule has 1 aliphatic rings. The Balaban J connectivity index is 1.94. The van der Waals surface area contributed by atoms with Gasteiger partial charge in [-0.05, 0) is 49.8 Å². The minimum atomic E-state index is -0.0605. The molecule has 1 aliphatic heterocycles. The molecule has 0 unspecified atom stereocenters. The van der Waals surface area contributed by atoms with Gasteiger partial charge in [0.25, 0.3) is 0 Å². The largest absolute Gasteiger partial charge is 0.378 e. The van der Waals surface area contributed by atoms with Gasteiger partial charge in [0, 0.05) is 42.5 Å². The minimum absolute atomic E-state index is 0.0605. The fraction of sp³-hybridized carbons (Fsp3) is 0.286. The Morgan fingerprint density at radius 1 is 1.00 bits per heavy atom. The fourth-order valence-corrected chi connectivity index (χ4v) is 3.54. The Morgan fingerprint density at radius 2 is 1.67 bits per heavy atom. The lowest BCUT2D eigenvalue weighted by atomic mass is 9.81. The second-order valence-electron chi connectivity index (χ2n) is 7.05. The summed E-state index contributed by atoms with van der Waals surface area (Å²) in [6.07, 6.45) is 4.40. The van der Waals surface area contributed by atoms with Gasteiger partial charge in [0.15, 0.2) is 5.71 Å². The minimum Gasteiger partial charge on any atom is -0.378 e. The van der Waals surface area contributed by atoms with Gasteiger partial charge in [0.05, 0.1) is 5.41 Å². The fourth-order valence-electron chi connectivity index (χ4n) is 3.37. The lowest BCUT2D eigenvalue weighted by molar-refractivity contribution is -0.401. The highest BCUT2D eigenvalue weighted by molar-refractivity contribution is 6.30. The van der Waals surface area contributed by atoms with E-state index < -0.39 is 0 Å². The van der Waals surface area contributed by atoms with Gasteiger partial charge in [-0.1, -0.05) is 23.7 Å². The highest BCUT2D eigenvalue weighted by Crippen LogP contribution is 2.40. The third kappa shape index (κ3) is 2.87. The average molecular weight is 340 g/mol. The molecule has 0 radical (unpaired) electrons. The van der Waals surface area contributed by atoms with E-state index in [0.29, 0.717) is 0 Å². The van der Waals surface area contributed by atoms with Crippen LogP contribution in [-0.4, -0.2) is 31.4 Å². The molecule has 124 valence electrons. The van der Waals surface area contributed by atoms with Crippen molar-refractivity contribution in [1.29, 1.82) is 0 Å². The molecule has 3 rings (SSSR count). The average Bonchev–Trinajstić information content (AvgIpc) is 2.72. The molecule has 0 aromatic heterocycles. The van der Waals surface area contributed by atoms with Crippen molar-refractivity contribution in [2.75, 3.05) is 26.0 Å². The van der Waals surface area contributed by atoms with E-state index in [0.717, 1.165) is 5.02 Å². The summed E-state index contributed by atoms with van der Waals surface area (Å²) in [6.45, 7) is 4.50. The number of anilines is 1. The van der Waals surface area contributed by atoms with Crippen LogP contribution in [0.3, 0.4) is 0 Å². The molecule has 0 aliphatic carbocycles. The van der Waals surface area contributed by atoms with Crippen molar-refractivity contribution in [1.82, 2.24) is 0 Å². The van der Waals surface area contributed by atoms with Crippen LogP contribution in [0.2, 0.25) is 5.02 Å². The van der Waals surface area contributed by atoms with Crippen LogP contribution in [0.5, 0.6) is 0 Å². The number of allylic oxidation sites excluding steroid dienone is 1. The topological polar surface area (TPSA) is 6.25 Å². The Hall–Kier alpha value is -2.06. The van der Waals surface area contributed by atoms with Crippen molar-refractivity contribution in [2.45, 2.75) is 19.3 Å². The Labute approximate surface area is 149 Å². The standard InChI is InChI=1S/C21H24ClN2/c1-21(2)18-14-16(22)9-12-19(18)24(5)20(21)13-8-15-6-10-17(11-7-15)23(3)4/h6-14H,1-5H3/q+1. The van der Waals surface area contributed by atoms with E-state index in [2.05, 4.69) is 93.0 Å². The van der Waals surface area contributed by atoms with E-state index >= 15 is 0 Å². The third-order valence-electron chi connectivity index (χ3n) is 4.84. The molecule has 24 heavy (non-hydrogen) atoms. The molecular weight excluding hydrogens is 316 g/mol. The normalized spacial score (nSPS) is 15.9. The van der Waals surface area contributed by atoms with E-state index in [9.17, 15) is 0 Å². The zero-order valence-electron chi connectivity index (χ0n) is 15.0. The third-order valence-corrected chi connectivity index (χ3v) is 5.07. The number of fused-ring (bicyclic) bond motifs is 1. The molecule has 0 saturated heterocycles. The van der Waals surface area contributed by atoms with Crippen molar-refractivity contribution in [2.24, 2.45) is 0 Å². The first kappa shape index (κ1) is 16.8. The predicted octanol–water partition coefficient (Wildman–Crippen LogP) is 5.13. The molecule has 2 aromatic carbocycles. The molecule has 2 aromatic rings. The van der Waals surface area contributed by atoms with Crippen LogP contribution in [0.15, 0.2) is 48.5 Å². The van der Waals surface area contributed by atoms with Crippen LogP contribution in [0, 0.1) is 0 Å². The summed E-state index contributed by atoms with van der Waals surface area (Å²) in [5.74, 6) is 0. The van der Waals surface area contributed by atoms with Crippen molar-refractivity contribution in [3.63, 3.8) is 0 Å². The summed E-state index contributed by atoms with van der Waals surface area (Å²) >= 11 is 6.21. The molecule has 0 atom stereocenters. The second-order valence-corrected chi connectivity index (χ2v) is 7.49. The number of nitrogens with zero attached hydrogens (tertiary/aromatic N) is 2. The molecule has 0 saturated carbocycles. The molecule has 2 nitrogen and oxygen atoms in total.